The molecule has 4 heteroatoms. The predicted octanol–water partition coefficient (Wildman–Crippen LogP) is 2.27. The van der Waals surface area contributed by atoms with E-state index in [2.05, 4.69) is 26.1 Å². The van der Waals surface area contributed by atoms with Gasteiger partial charge in [-0.2, -0.15) is 0 Å². The summed E-state index contributed by atoms with van der Waals surface area (Å²) in [6.45, 7) is 2.81. The molecule has 0 saturated heterocycles. The van der Waals surface area contributed by atoms with E-state index < -0.39 is 0 Å². The van der Waals surface area contributed by atoms with Gasteiger partial charge in [0.05, 0.1) is 11.4 Å². The van der Waals surface area contributed by atoms with Gasteiger partial charge in [0.25, 0.3) is 0 Å². The minimum Gasteiger partial charge on any atom is -0.382 e. The Balaban J connectivity index is 2.26. The van der Waals surface area contributed by atoms with Crippen molar-refractivity contribution in [1.82, 2.24) is 0 Å². The Morgan fingerprint density at radius 3 is 3.07 bits per heavy atom. The zero-order valence-corrected chi connectivity index (χ0v) is 9.80. The molecule has 0 unspecified atom stereocenters. The lowest BCUT2D eigenvalue weighted by Gasteiger charge is -2.36. The smallest absolute Gasteiger partial charge is 0.166 e. The molecule has 3 nitrogen and oxygen atoms in total. The zero-order chi connectivity index (χ0) is 10.4. The maximum Gasteiger partial charge on any atom is 0.166 e. The molecule has 2 aliphatic rings. The van der Waals surface area contributed by atoms with Crippen molar-refractivity contribution in [1.29, 1.82) is 0 Å². The number of Topliss-reactive ketones (excluding diaryl/α,β-unsaturated/α-hetero) is 1. The van der Waals surface area contributed by atoms with E-state index in [0.29, 0.717) is 6.42 Å². The van der Waals surface area contributed by atoms with Gasteiger partial charge in [0.15, 0.2) is 5.78 Å². The third kappa shape index (κ3) is 1.35. The summed E-state index contributed by atoms with van der Waals surface area (Å²) in [4.78, 5) is 14.1. The summed E-state index contributed by atoms with van der Waals surface area (Å²) in [5.41, 5.74) is 3.04. The summed E-state index contributed by atoms with van der Waals surface area (Å²) in [5.74, 6) is 0.257. The first-order valence-corrected chi connectivity index (χ1v) is 5.90. The standard InChI is InChI=1S/C11H11BrN2O/c12-7-5-8-10(15)1-3-14-4-2-13-9(6-7)11(8)14/h5-6,13H,1-4H2. The van der Waals surface area contributed by atoms with Crippen LogP contribution in [0.5, 0.6) is 0 Å². The fraction of sp³-hybridized carbons (Fsp3) is 0.364. The average molecular weight is 267 g/mol. The minimum absolute atomic E-state index is 0.257. The number of anilines is 2. The van der Waals surface area contributed by atoms with E-state index in [0.717, 1.165) is 41.0 Å². The lowest BCUT2D eigenvalue weighted by atomic mass is 9.98. The van der Waals surface area contributed by atoms with E-state index >= 15 is 0 Å². The number of hydrogen-bond donors (Lipinski definition) is 1. The van der Waals surface area contributed by atoms with Crippen molar-refractivity contribution in [3.05, 3.63) is 22.2 Å². The molecule has 2 heterocycles. The number of nitrogens with zero attached hydrogens (tertiary/aromatic N) is 1. The van der Waals surface area contributed by atoms with Crippen molar-refractivity contribution in [3.8, 4) is 0 Å². The van der Waals surface area contributed by atoms with Gasteiger partial charge in [-0.05, 0) is 12.1 Å². The molecular formula is C11H11BrN2O. The minimum atomic E-state index is 0.257. The second-order valence-electron chi connectivity index (χ2n) is 3.94. The van der Waals surface area contributed by atoms with Crippen molar-refractivity contribution < 1.29 is 4.79 Å². The van der Waals surface area contributed by atoms with Crippen LogP contribution < -0.4 is 10.2 Å². The predicted molar refractivity (Wildman–Crippen MR) is 63.8 cm³/mol. The fourth-order valence-electron chi connectivity index (χ4n) is 2.32. The lowest BCUT2D eigenvalue weighted by molar-refractivity contribution is 0.0980. The second-order valence-corrected chi connectivity index (χ2v) is 4.85. The Bertz CT molecular complexity index is 444. The number of hydrogen-bond acceptors (Lipinski definition) is 3. The second kappa shape index (κ2) is 3.23. The molecular weight excluding hydrogens is 256 g/mol. The van der Waals surface area contributed by atoms with Gasteiger partial charge in [0, 0.05) is 36.1 Å². The van der Waals surface area contributed by atoms with Crippen LogP contribution >= 0.6 is 15.9 Å². The van der Waals surface area contributed by atoms with Crippen LogP contribution in [0, 0.1) is 0 Å². The third-order valence-corrected chi connectivity index (χ3v) is 3.46. The van der Waals surface area contributed by atoms with Gasteiger partial charge in [-0.15, -0.1) is 0 Å². The number of carbonyl (C=O) groups excluding carboxylic acids is 1. The highest BCUT2D eigenvalue weighted by molar-refractivity contribution is 9.10. The average Bonchev–Trinajstić information content (AvgIpc) is 2.23. The molecule has 78 valence electrons. The topological polar surface area (TPSA) is 32.3 Å². The van der Waals surface area contributed by atoms with Crippen LogP contribution in [0.4, 0.5) is 11.4 Å². The van der Waals surface area contributed by atoms with Crippen molar-refractivity contribution in [2.45, 2.75) is 6.42 Å². The van der Waals surface area contributed by atoms with Crippen molar-refractivity contribution >= 4 is 33.1 Å². The van der Waals surface area contributed by atoms with Gasteiger partial charge in [-0.25, -0.2) is 0 Å². The van der Waals surface area contributed by atoms with Crippen LogP contribution in [-0.4, -0.2) is 25.4 Å². The number of rotatable bonds is 0. The molecule has 1 aromatic carbocycles. The molecule has 0 aliphatic carbocycles. The number of benzene rings is 1. The molecule has 0 aromatic heterocycles. The molecule has 0 saturated carbocycles. The Kier molecular flexibility index (Phi) is 1.99. The van der Waals surface area contributed by atoms with Crippen molar-refractivity contribution in [3.63, 3.8) is 0 Å². The van der Waals surface area contributed by atoms with Gasteiger partial charge >= 0.3 is 0 Å². The number of ketones is 1. The Morgan fingerprint density at radius 2 is 2.20 bits per heavy atom. The third-order valence-electron chi connectivity index (χ3n) is 3.00. The van der Waals surface area contributed by atoms with Crippen LogP contribution in [0.25, 0.3) is 0 Å². The number of carbonyl (C=O) groups is 1. The summed E-state index contributed by atoms with van der Waals surface area (Å²) in [5, 5.41) is 3.34. The Morgan fingerprint density at radius 1 is 1.33 bits per heavy atom. The molecule has 15 heavy (non-hydrogen) atoms. The van der Waals surface area contributed by atoms with Gasteiger partial charge in [0.1, 0.15) is 0 Å². The molecule has 1 aromatic rings. The maximum absolute atomic E-state index is 11.8. The van der Waals surface area contributed by atoms with E-state index in [4.69, 9.17) is 0 Å². The summed E-state index contributed by atoms with van der Waals surface area (Å²) in [6.07, 6.45) is 0.642. The molecule has 0 radical (unpaired) electrons. The monoisotopic (exact) mass is 266 g/mol. The molecule has 0 amide bonds. The first kappa shape index (κ1) is 9.21. The summed E-state index contributed by atoms with van der Waals surface area (Å²) in [6, 6.07) is 3.98. The van der Waals surface area contributed by atoms with Gasteiger partial charge < -0.3 is 10.2 Å². The molecule has 1 N–H and O–H groups in total. The van der Waals surface area contributed by atoms with Crippen LogP contribution in [0.2, 0.25) is 0 Å². The fourth-order valence-corrected chi connectivity index (χ4v) is 2.78. The quantitative estimate of drug-likeness (QED) is 0.782. The van der Waals surface area contributed by atoms with Gasteiger partial charge in [-0.1, -0.05) is 15.9 Å². The zero-order valence-electron chi connectivity index (χ0n) is 8.22. The highest BCUT2D eigenvalue weighted by Gasteiger charge is 2.28. The first-order valence-electron chi connectivity index (χ1n) is 5.11. The van der Waals surface area contributed by atoms with Crippen LogP contribution in [-0.2, 0) is 0 Å². The summed E-state index contributed by atoms with van der Waals surface area (Å²) >= 11 is 3.44. The summed E-state index contributed by atoms with van der Waals surface area (Å²) in [7, 11) is 0. The van der Waals surface area contributed by atoms with E-state index in [-0.39, 0.29) is 5.78 Å². The Hall–Kier alpha value is -1.03. The molecule has 0 atom stereocenters. The lowest BCUT2D eigenvalue weighted by Crippen LogP contribution is -2.39. The number of nitrogens with one attached hydrogen (secondary N) is 1. The highest BCUT2D eigenvalue weighted by atomic mass is 79.9. The highest BCUT2D eigenvalue weighted by Crippen LogP contribution is 2.38. The molecule has 0 spiro atoms. The number of halogens is 1. The van der Waals surface area contributed by atoms with E-state index in [9.17, 15) is 4.79 Å². The van der Waals surface area contributed by atoms with Crippen LogP contribution in [0.3, 0.4) is 0 Å². The Labute approximate surface area is 96.6 Å². The largest absolute Gasteiger partial charge is 0.382 e. The van der Waals surface area contributed by atoms with Gasteiger partial charge in [-0.3, -0.25) is 4.79 Å². The molecule has 3 rings (SSSR count). The molecule has 2 aliphatic heterocycles. The maximum atomic E-state index is 11.8. The van der Waals surface area contributed by atoms with Crippen LogP contribution in [0.15, 0.2) is 16.6 Å². The molecule has 0 fully saturated rings. The normalized spacial score (nSPS) is 18.5. The van der Waals surface area contributed by atoms with E-state index in [1.165, 1.54) is 0 Å². The van der Waals surface area contributed by atoms with Gasteiger partial charge in [0.2, 0.25) is 0 Å². The van der Waals surface area contributed by atoms with Crippen molar-refractivity contribution in [2.24, 2.45) is 0 Å². The first-order chi connectivity index (χ1) is 7.25. The summed E-state index contributed by atoms with van der Waals surface area (Å²) < 4.78 is 0.973. The SMILES string of the molecule is O=C1CCN2CCNc3cc(Br)cc1c32. The van der Waals surface area contributed by atoms with E-state index in [1.54, 1.807) is 0 Å². The van der Waals surface area contributed by atoms with E-state index in [1.807, 2.05) is 12.1 Å². The molecule has 0 bridgehead atoms. The van der Waals surface area contributed by atoms with Crippen molar-refractivity contribution in [2.75, 3.05) is 29.9 Å². The van der Waals surface area contributed by atoms with Crippen LogP contribution in [0.1, 0.15) is 16.8 Å².